The van der Waals surface area contributed by atoms with Crippen LogP contribution in [0.25, 0.3) is 0 Å². The summed E-state index contributed by atoms with van der Waals surface area (Å²) >= 11 is 0. The second kappa shape index (κ2) is 7.79. The zero-order valence-electron chi connectivity index (χ0n) is 14.1. The topological polar surface area (TPSA) is 66.8 Å². The molecule has 24 heavy (non-hydrogen) atoms. The molecule has 0 spiro atoms. The number of likely N-dealkylation sites (N-methyl/N-ethyl adjacent to an activating group) is 1. The van der Waals surface area contributed by atoms with Crippen LogP contribution in [0.4, 0.5) is 0 Å². The highest BCUT2D eigenvalue weighted by atomic mass is 32.2. The summed E-state index contributed by atoms with van der Waals surface area (Å²) in [4.78, 5) is 0. The summed E-state index contributed by atoms with van der Waals surface area (Å²) in [6, 6.07) is 14.4. The van der Waals surface area contributed by atoms with Crippen LogP contribution in [-0.4, -0.2) is 38.5 Å². The third-order valence-corrected chi connectivity index (χ3v) is 5.76. The zero-order chi connectivity index (χ0) is 17.7. The summed E-state index contributed by atoms with van der Waals surface area (Å²) in [6.07, 6.45) is -0.920. The maximum Gasteiger partial charge on any atom is 0.218 e. The van der Waals surface area contributed by atoms with Gasteiger partial charge in [0.05, 0.1) is 19.0 Å². The molecular weight excluding hydrogens is 326 g/mol. The molecule has 1 N–H and O–H groups in total. The van der Waals surface area contributed by atoms with Crippen LogP contribution in [0.15, 0.2) is 48.5 Å². The fraction of sp³-hybridized carbons (Fsp3) is 0.333. The molecule has 0 fully saturated rings. The molecule has 2 aromatic carbocycles. The van der Waals surface area contributed by atoms with Crippen molar-refractivity contribution in [3.63, 3.8) is 0 Å². The van der Waals surface area contributed by atoms with E-state index in [4.69, 9.17) is 4.74 Å². The number of nitrogens with zero attached hydrogens (tertiary/aromatic N) is 1. The molecule has 0 amide bonds. The van der Waals surface area contributed by atoms with Crippen molar-refractivity contribution < 1.29 is 18.3 Å². The molecular formula is C18H23NO4S. The SMILES string of the molecule is COc1cccc(C(O)CN(C)S(=O)(=O)Cc2ccccc2C)c1. The summed E-state index contributed by atoms with van der Waals surface area (Å²) in [5.41, 5.74) is 2.32. The maximum absolute atomic E-state index is 12.5. The minimum atomic E-state index is -3.51. The van der Waals surface area contributed by atoms with E-state index in [9.17, 15) is 13.5 Å². The molecule has 6 heteroatoms. The van der Waals surface area contributed by atoms with Crippen molar-refractivity contribution >= 4 is 10.0 Å². The standard InChI is InChI=1S/C18H23NO4S/c1-14-7-4-5-8-16(14)13-24(21,22)19(2)12-18(20)15-9-6-10-17(11-15)23-3/h4-11,18,20H,12-13H2,1-3H3. The lowest BCUT2D eigenvalue weighted by molar-refractivity contribution is 0.154. The first-order valence-corrected chi connectivity index (χ1v) is 9.25. The van der Waals surface area contributed by atoms with Gasteiger partial charge in [0.2, 0.25) is 10.0 Å². The Morgan fingerprint density at radius 1 is 1.17 bits per heavy atom. The quantitative estimate of drug-likeness (QED) is 0.834. The van der Waals surface area contributed by atoms with Crippen LogP contribution in [0, 0.1) is 6.92 Å². The first-order chi connectivity index (χ1) is 11.3. The van der Waals surface area contributed by atoms with Crippen molar-refractivity contribution in [3.8, 4) is 5.75 Å². The molecule has 1 unspecified atom stereocenters. The van der Waals surface area contributed by atoms with Gasteiger partial charge in [-0.15, -0.1) is 0 Å². The highest BCUT2D eigenvalue weighted by Gasteiger charge is 2.22. The molecule has 0 radical (unpaired) electrons. The third-order valence-electron chi connectivity index (χ3n) is 3.98. The van der Waals surface area contributed by atoms with Crippen molar-refractivity contribution in [3.05, 3.63) is 65.2 Å². The summed E-state index contributed by atoms with van der Waals surface area (Å²) in [6.45, 7) is 1.87. The third kappa shape index (κ3) is 4.56. The van der Waals surface area contributed by atoms with E-state index < -0.39 is 16.1 Å². The van der Waals surface area contributed by atoms with Gasteiger partial charge in [-0.25, -0.2) is 12.7 Å². The Kier molecular flexibility index (Phi) is 5.99. The number of benzene rings is 2. The Labute approximate surface area is 143 Å². The van der Waals surface area contributed by atoms with Gasteiger partial charge in [0.25, 0.3) is 0 Å². The summed E-state index contributed by atoms with van der Waals surface area (Å²) < 4.78 is 31.4. The molecule has 0 heterocycles. The van der Waals surface area contributed by atoms with E-state index in [-0.39, 0.29) is 12.3 Å². The molecule has 0 aromatic heterocycles. The Morgan fingerprint density at radius 3 is 2.54 bits per heavy atom. The number of aryl methyl sites for hydroxylation is 1. The summed E-state index contributed by atoms with van der Waals surface area (Å²) in [7, 11) is -0.483. The second-order valence-corrected chi connectivity index (χ2v) is 7.83. The van der Waals surface area contributed by atoms with E-state index in [1.54, 1.807) is 37.4 Å². The first kappa shape index (κ1) is 18.4. The van der Waals surface area contributed by atoms with Crippen molar-refractivity contribution in [2.45, 2.75) is 18.8 Å². The highest BCUT2D eigenvalue weighted by molar-refractivity contribution is 7.88. The monoisotopic (exact) mass is 349 g/mol. The van der Waals surface area contributed by atoms with Crippen LogP contribution in [0.3, 0.4) is 0 Å². The van der Waals surface area contributed by atoms with E-state index in [0.29, 0.717) is 11.3 Å². The number of sulfonamides is 1. The van der Waals surface area contributed by atoms with Gasteiger partial charge < -0.3 is 9.84 Å². The molecule has 0 aliphatic rings. The molecule has 0 bridgehead atoms. The van der Waals surface area contributed by atoms with Gasteiger partial charge in [-0.1, -0.05) is 36.4 Å². The van der Waals surface area contributed by atoms with Gasteiger partial charge in [-0.3, -0.25) is 0 Å². The molecule has 0 aliphatic heterocycles. The van der Waals surface area contributed by atoms with Gasteiger partial charge in [0, 0.05) is 13.6 Å². The number of aliphatic hydroxyl groups is 1. The molecule has 0 saturated heterocycles. The summed E-state index contributed by atoms with van der Waals surface area (Å²) in [5, 5.41) is 10.3. The van der Waals surface area contributed by atoms with Crippen molar-refractivity contribution in [2.75, 3.05) is 20.7 Å². The molecule has 2 aromatic rings. The molecule has 0 saturated carbocycles. The average Bonchev–Trinajstić information content (AvgIpc) is 2.56. The molecule has 130 valence electrons. The fourth-order valence-corrected chi connectivity index (χ4v) is 3.70. The van der Waals surface area contributed by atoms with E-state index in [1.165, 1.54) is 11.4 Å². The normalized spacial score (nSPS) is 13.0. The first-order valence-electron chi connectivity index (χ1n) is 7.64. The van der Waals surface area contributed by atoms with Gasteiger partial charge in [-0.2, -0.15) is 0 Å². The van der Waals surface area contributed by atoms with Crippen LogP contribution in [0.2, 0.25) is 0 Å². The predicted molar refractivity (Wildman–Crippen MR) is 94.4 cm³/mol. The van der Waals surface area contributed by atoms with Gasteiger partial charge in [0.1, 0.15) is 5.75 Å². The molecule has 1 atom stereocenters. The van der Waals surface area contributed by atoms with Crippen molar-refractivity contribution in [1.29, 1.82) is 0 Å². The lowest BCUT2D eigenvalue weighted by Crippen LogP contribution is -2.32. The molecule has 0 aliphatic carbocycles. The lowest BCUT2D eigenvalue weighted by Gasteiger charge is -2.21. The van der Waals surface area contributed by atoms with Gasteiger partial charge in [-0.05, 0) is 35.7 Å². The number of hydrogen-bond donors (Lipinski definition) is 1. The Morgan fingerprint density at radius 2 is 1.88 bits per heavy atom. The van der Waals surface area contributed by atoms with Crippen molar-refractivity contribution in [2.24, 2.45) is 0 Å². The minimum absolute atomic E-state index is 0.0125. The van der Waals surface area contributed by atoms with Crippen LogP contribution in [-0.2, 0) is 15.8 Å². The fourth-order valence-electron chi connectivity index (χ4n) is 2.39. The Hall–Kier alpha value is -1.89. The molecule has 2 rings (SSSR count). The maximum atomic E-state index is 12.5. The van der Waals surface area contributed by atoms with E-state index in [2.05, 4.69) is 0 Å². The predicted octanol–water partition coefficient (Wildman–Crippen LogP) is 2.50. The number of hydrogen-bond acceptors (Lipinski definition) is 4. The Balaban J connectivity index is 2.09. The van der Waals surface area contributed by atoms with Crippen LogP contribution in [0.1, 0.15) is 22.8 Å². The zero-order valence-corrected chi connectivity index (χ0v) is 15.0. The van der Waals surface area contributed by atoms with E-state index in [1.807, 2.05) is 25.1 Å². The number of rotatable bonds is 7. The van der Waals surface area contributed by atoms with Gasteiger partial charge in [0.15, 0.2) is 0 Å². The largest absolute Gasteiger partial charge is 0.497 e. The smallest absolute Gasteiger partial charge is 0.218 e. The Bertz CT molecular complexity index is 789. The number of aliphatic hydroxyl groups excluding tert-OH is 1. The average molecular weight is 349 g/mol. The van der Waals surface area contributed by atoms with E-state index in [0.717, 1.165) is 11.1 Å². The van der Waals surface area contributed by atoms with E-state index >= 15 is 0 Å². The second-order valence-electron chi connectivity index (χ2n) is 5.76. The highest BCUT2D eigenvalue weighted by Crippen LogP contribution is 2.21. The lowest BCUT2D eigenvalue weighted by atomic mass is 10.1. The number of ether oxygens (including phenoxy) is 1. The van der Waals surface area contributed by atoms with Crippen molar-refractivity contribution in [1.82, 2.24) is 4.31 Å². The van der Waals surface area contributed by atoms with Crippen LogP contribution in [0.5, 0.6) is 5.75 Å². The minimum Gasteiger partial charge on any atom is -0.497 e. The van der Waals surface area contributed by atoms with Crippen LogP contribution >= 0.6 is 0 Å². The van der Waals surface area contributed by atoms with Crippen LogP contribution < -0.4 is 4.74 Å². The summed E-state index contributed by atoms with van der Waals surface area (Å²) in [5.74, 6) is 0.540. The number of methoxy groups -OCH3 is 1. The molecule has 5 nitrogen and oxygen atoms in total. The van der Waals surface area contributed by atoms with Gasteiger partial charge >= 0.3 is 0 Å².